The molecular weight excluding hydrogens is 388 g/mol. The Morgan fingerprint density at radius 3 is 2.45 bits per heavy atom. The van der Waals surface area contributed by atoms with Crippen LogP contribution in [-0.4, -0.2) is 62.1 Å². The lowest BCUT2D eigenvalue weighted by molar-refractivity contribution is 0.104. The van der Waals surface area contributed by atoms with Gasteiger partial charge in [-0.05, 0) is 39.2 Å². The van der Waals surface area contributed by atoms with E-state index in [4.69, 9.17) is 0 Å². The largest absolute Gasteiger partial charge is 0.369 e. The molecule has 3 aromatic rings. The fourth-order valence-corrected chi connectivity index (χ4v) is 4.85. The average molecular weight is 417 g/mol. The Morgan fingerprint density at radius 2 is 1.71 bits per heavy atom. The summed E-state index contributed by atoms with van der Waals surface area (Å²) in [6.45, 7) is 5.18. The molecule has 6 nitrogen and oxygen atoms in total. The fraction of sp³-hybridized carbons (Fsp3) is 0.360. The smallest absolute Gasteiger partial charge is 0.259 e. The molecule has 0 bridgehead atoms. The molecule has 1 N–H and O–H groups in total. The number of benzene rings is 2. The fourth-order valence-electron chi connectivity index (χ4n) is 4.85. The van der Waals surface area contributed by atoms with Crippen LogP contribution in [0.5, 0.6) is 0 Å². The van der Waals surface area contributed by atoms with Crippen LogP contribution >= 0.6 is 0 Å². The van der Waals surface area contributed by atoms with Crippen molar-refractivity contribution in [3.05, 3.63) is 63.9 Å². The predicted molar refractivity (Wildman–Crippen MR) is 125 cm³/mol. The summed E-state index contributed by atoms with van der Waals surface area (Å²) in [6, 6.07) is 13.7. The number of nitrogens with zero attached hydrogens (tertiary/aromatic N) is 3. The first-order chi connectivity index (χ1) is 15.1. The van der Waals surface area contributed by atoms with E-state index in [1.807, 2.05) is 55.1 Å². The highest BCUT2D eigenvalue weighted by Crippen LogP contribution is 2.39. The molecule has 0 radical (unpaired) electrons. The molecule has 1 aliphatic carbocycles. The maximum Gasteiger partial charge on any atom is 0.259 e. The van der Waals surface area contributed by atoms with E-state index in [1.165, 1.54) is 0 Å². The Balaban J connectivity index is 1.71. The molecule has 1 aromatic heterocycles. The number of anilines is 1. The topological polar surface area (TPSA) is 57.6 Å². The number of rotatable bonds is 5. The van der Waals surface area contributed by atoms with Gasteiger partial charge in [-0.15, -0.1) is 0 Å². The Labute approximate surface area is 182 Å². The molecule has 1 saturated heterocycles. The summed E-state index contributed by atoms with van der Waals surface area (Å²) in [5, 5.41) is 4.78. The zero-order valence-corrected chi connectivity index (χ0v) is 18.1. The minimum Gasteiger partial charge on any atom is -0.369 e. The minimum atomic E-state index is -0.00556. The summed E-state index contributed by atoms with van der Waals surface area (Å²) in [6.07, 6.45) is 0.846. The number of carbonyl (C=O) groups excluding carboxylic acids is 1. The van der Waals surface area contributed by atoms with E-state index in [0.29, 0.717) is 23.1 Å². The maximum atomic E-state index is 13.7. The van der Waals surface area contributed by atoms with Gasteiger partial charge in [-0.1, -0.05) is 30.3 Å². The lowest BCUT2D eigenvalue weighted by Crippen LogP contribution is -2.43. The Hall–Kier alpha value is -2.96. The van der Waals surface area contributed by atoms with Gasteiger partial charge in [0, 0.05) is 54.9 Å². The van der Waals surface area contributed by atoms with Gasteiger partial charge < -0.3 is 19.7 Å². The third-order valence-electron chi connectivity index (χ3n) is 6.38. The molecule has 2 aliphatic rings. The number of carbonyl (C=O) groups is 1. The Morgan fingerprint density at radius 1 is 0.968 bits per heavy atom. The second kappa shape index (κ2) is 7.94. The monoisotopic (exact) mass is 416 g/mol. The Kier molecular flexibility index (Phi) is 5.12. The first kappa shape index (κ1) is 20.0. The lowest BCUT2D eigenvalue weighted by Gasteiger charge is -2.29. The highest BCUT2D eigenvalue weighted by atomic mass is 16.1. The van der Waals surface area contributed by atoms with Gasteiger partial charge in [0.05, 0.1) is 16.6 Å². The van der Waals surface area contributed by atoms with E-state index in [1.54, 1.807) is 0 Å². The summed E-state index contributed by atoms with van der Waals surface area (Å²) >= 11 is 0. The van der Waals surface area contributed by atoms with Gasteiger partial charge in [0.1, 0.15) is 0 Å². The first-order valence-electron chi connectivity index (χ1n) is 11.0. The molecule has 31 heavy (non-hydrogen) atoms. The molecule has 0 atom stereocenters. The van der Waals surface area contributed by atoms with Gasteiger partial charge in [-0.2, -0.15) is 0 Å². The average Bonchev–Trinajstić information content (AvgIpc) is 3.09. The van der Waals surface area contributed by atoms with Crippen molar-refractivity contribution in [3.63, 3.8) is 0 Å². The van der Waals surface area contributed by atoms with Gasteiger partial charge in [0.15, 0.2) is 5.78 Å². The highest BCUT2D eigenvalue weighted by Gasteiger charge is 2.32. The summed E-state index contributed by atoms with van der Waals surface area (Å²) in [7, 11) is 4.07. The molecule has 0 spiro atoms. The van der Waals surface area contributed by atoms with Crippen molar-refractivity contribution >= 4 is 22.2 Å². The standard InChI is InChI=1S/C25H28N4O2/c1-27(2)12-5-13-29-23-19-6-3-4-7-20(19)24(30)22(23)18-9-8-17(16-21(18)25(29)31)28-14-10-26-11-15-28/h3-4,6-9,16,26H,5,10-15H2,1-2H3. The third kappa shape index (κ3) is 3.36. The van der Waals surface area contributed by atoms with Crippen molar-refractivity contribution < 1.29 is 4.79 Å². The molecule has 2 heterocycles. The molecule has 1 fully saturated rings. The van der Waals surface area contributed by atoms with Gasteiger partial charge in [0.2, 0.25) is 0 Å². The molecule has 0 saturated carbocycles. The van der Waals surface area contributed by atoms with Crippen molar-refractivity contribution in [2.75, 3.05) is 51.7 Å². The van der Waals surface area contributed by atoms with Crippen LogP contribution < -0.4 is 15.8 Å². The van der Waals surface area contributed by atoms with Crippen LogP contribution in [0.1, 0.15) is 22.3 Å². The number of hydrogen-bond acceptors (Lipinski definition) is 5. The number of nitrogens with one attached hydrogen (secondary N) is 1. The number of ketones is 1. The van der Waals surface area contributed by atoms with Gasteiger partial charge in [0.25, 0.3) is 5.56 Å². The number of hydrogen-bond donors (Lipinski definition) is 1. The van der Waals surface area contributed by atoms with Crippen LogP contribution in [0.4, 0.5) is 5.69 Å². The number of aromatic nitrogens is 1. The summed E-state index contributed by atoms with van der Waals surface area (Å²) in [4.78, 5) is 31.5. The van der Waals surface area contributed by atoms with Gasteiger partial charge in [-0.25, -0.2) is 0 Å². The van der Waals surface area contributed by atoms with Crippen LogP contribution in [0.15, 0.2) is 47.3 Å². The van der Waals surface area contributed by atoms with Crippen molar-refractivity contribution in [1.29, 1.82) is 0 Å². The number of fused-ring (bicyclic) bond motifs is 5. The van der Waals surface area contributed by atoms with E-state index in [0.717, 1.165) is 61.5 Å². The minimum absolute atomic E-state index is 0.00556. The van der Waals surface area contributed by atoms with Crippen molar-refractivity contribution in [2.24, 2.45) is 0 Å². The maximum absolute atomic E-state index is 13.7. The molecule has 6 heteroatoms. The van der Waals surface area contributed by atoms with Crippen LogP contribution in [0.25, 0.3) is 22.0 Å². The molecule has 1 aliphatic heterocycles. The van der Waals surface area contributed by atoms with E-state index in [2.05, 4.69) is 21.2 Å². The van der Waals surface area contributed by atoms with Crippen LogP contribution in [0, 0.1) is 0 Å². The van der Waals surface area contributed by atoms with Crippen molar-refractivity contribution in [1.82, 2.24) is 14.8 Å². The molecule has 5 rings (SSSR count). The van der Waals surface area contributed by atoms with E-state index >= 15 is 0 Å². The second-order valence-corrected chi connectivity index (χ2v) is 8.68. The van der Waals surface area contributed by atoms with Crippen molar-refractivity contribution in [3.8, 4) is 11.3 Å². The molecule has 160 valence electrons. The number of pyridine rings is 1. The molecule has 2 aromatic carbocycles. The third-order valence-corrected chi connectivity index (χ3v) is 6.38. The van der Waals surface area contributed by atoms with Gasteiger partial charge >= 0.3 is 0 Å². The van der Waals surface area contributed by atoms with E-state index < -0.39 is 0 Å². The second-order valence-electron chi connectivity index (χ2n) is 8.68. The molecule has 0 amide bonds. The summed E-state index contributed by atoms with van der Waals surface area (Å²) < 4.78 is 1.84. The number of piperazine rings is 1. The predicted octanol–water partition coefficient (Wildman–Crippen LogP) is 2.57. The van der Waals surface area contributed by atoms with Crippen LogP contribution in [-0.2, 0) is 6.54 Å². The normalized spacial score (nSPS) is 15.6. The quantitative estimate of drug-likeness (QED) is 0.542. The van der Waals surface area contributed by atoms with Crippen LogP contribution in [0.2, 0.25) is 0 Å². The molecule has 0 unspecified atom stereocenters. The zero-order valence-electron chi connectivity index (χ0n) is 18.1. The van der Waals surface area contributed by atoms with Crippen LogP contribution in [0.3, 0.4) is 0 Å². The van der Waals surface area contributed by atoms with E-state index in [-0.39, 0.29) is 11.3 Å². The highest BCUT2D eigenvalue weighted by molar-refractivity contribution is 6.26. The van der Waals surface area contributed by atoms with Crippen molar-refractivity contribution in [2.45, 2.75) is 13.0 Å². The zero-order chi connectivity index (χ0) is 21.5. The summed E-state index contributed by atoms with van der Waals surface area (Å²) in [5.41, 5.74) is 4.07. The van der Waals surface area contributed by atoms with Gasteiger partial charge in [-0.3, -0.25) is 9.59 Å². The Bertz CT molecular complexity index is 1220. The SMILES string of the molecule is CN(C)CCCn1c2c(c3ccc(N4CCNCC4)cc3c1=O)C(=O)c1ccccc1-2. The first-order valence-corrected chi connectivity index (χ1v) is 11.0. The lowest BCUT2D eigenvalue weighted by atomic mass is 10.0. The van der Waals surface area contributed by atoms with E-state index in [9.17, 15) is 9.59 Å². The molecular formula is C25H28N4O2. The summed E-state index contributed by atoms with van der Waals surface area (Å²) in [5.74, 6) is 0.0203.